The van der Waals surface area contributed by atoms with Crippen LogP contribution in [0.15, 0.2) is 81.1 Å². The van der Waals surface area contributed by atoms with E-state index in [1.165, 1.54) is 23.9 Å². The van der Waals surface area contributed by atoms with E-state index in [4.69, 9.17) is 14.6 Å². The van der Waals surface area contributed by atoms with E-state index in [0.717, 1.165) is 15.6 Å². The monoisotopic (exact) mass is 566 g/mol. The summed E-state index contributed by atoms with van der Waals surface area (Å²) in [7, 11) is 1.58. The minimum Gasteiger partial charge on any atom is -0.493 e. The second-order valence-electron chi connectivity index (χ2n) is 7.73. The third kappa shape index (κ3) is 5.98. The number of thioether (sulfide) groups is 1. The van der Waals surface area contributed by atoms with Crippen LogP contribution in [-0.2, 0) is 11.4 Å². The van der Waals surface area contributed by atoms with Gasteiger partial charge in [0.2, 0.25) is 0 Å². The van der Waals surface area contributed by atoms with E-state index in [0.29, 0.717) is 40.4 Å². The number of aliphatic imine (C=N–C) groups is 1. The summed E-state index contributed by atoms with van der Waals surface area (Å²) in [6.45, 7) is 2.74. The van der Waals surface area contributed by atoms with Gasteiger partial charge in [-0.15, -0.1) is 0 Å². The summed E-state index contributed by atoms with van der Waals surface area (Å²) in [6, 6.07) is 19.6. The summed E-state index contributed by atoms with van der Waals surface area (Å²) in [6.07, 6.45) is 1.80. The van der Waals surface area contributed by atoms with Crippen molar-refractivity contribution >= 4 is 56.5 Å². The Kier molecular flexibility index (Phi) is 8.12. The van der Waals surface area contributed by atoms with Crippen molar-refractivity contribution < 1.29 is 24.2 Å². The van der Waals surface area contributed by atoms with Crippen molar-refractivity contribution in [1.29, 1.82) is 0 Å². The van der Waals surface area contributed by atoms with Crippen LogP contribution in [0.1, 0.15) is 28.4 Å². The average molecular weight is 567 g/mol. The zero-order valence-electron chi connectivity index (χ0n) is 19.6. The summed E-state index contributed by atoms with van der Waals surface area (Å²) in [5, 5.41) is 9.62. The van der Waals surface area contributed by atoms with E-state index in [1.807, 2.05) is 49.4 Å². The first-order valence-corrected chi connectivity index (χ1v) is 12.7. The fraction of sp³-hybridized carbons (Fsp3) is 0.148. The average Bonchev–Trinajstić information content (AvgIpc) is 3.17. The highest BCUT2D eigenvalue weighted by atomic mass is 79.9. The summed E-state index contributed by atoms with van der Waals surface area (Å²) in [5.41, 5.74) is 2.58. The van der Waals surface area contributed by atoms with Gasteiger partial charge in [0.25, 0.3) is 5.91 Å². The van der Waals surface area contributed by atoms with Crippen LogP contribution in [0.5, 0.6) is 11.5 Å². The van der Waals surface area contributed by atoms with Gasteiger partial charge in [0.05, 0.1) is 23.3 Å². The molecule has 0 spiro atoms. The molecule has 1 aliphatic rings. The number of carbonyl (C=O) groups excluding carboxylic acids is 1. The zero-order chi connectivity index (χ0) is 25.7. The molecule has 9 heteroatoms. The summed E-state index contributed by atoms with van der Waals surface area (Å²) >= 11 is 4.70. The molecule has 3 aromatic rings. The zero-order valence-corrected chi connectivity index (χ0v) is 22.0. The van der Waals surface area contributed by atoms with Crippen molar-refractivity contribution in [2.24, 2.45) is 4.99 Å². The molecule has 1 N–H and O–H groups in total. The van der Waals surface area contributed by atoms with Gasteiger partial charge in [0.15, 0.2) is 16.7 Å². The van der Waals surface area contributed by atoms with Gasteiger partial charge < -0.3 is 14.6 Å². The number of carboxylic acid groups (broad SMARTS) is 1. The van der Waals surface area contributed by atoms with Gasteiger partial charge in [-0.2, -0.15) is 0 Å². The molecule has 7 nitrogen and oxygen atoms in total. The predicted molar refractivity (Wildman–Crippen MR) is 145 cm³/mol. The van der Waals surface area contributed by atoms with Crippen LogP contribution in [-0.4, -0.2) is 40.7 Å². The molecule has 36 heavy (non-hydrogen) atoms. The number of nitrogens with zero attached hydrogens (tertiary/aromatic N) is 2. The SMILES string of the molecule is CCN1C(=O)/C(=C\c2ccc(OCc3ccc(Br)cc3)c(OC)c2)SC1=Nc1ccc(C(=O)O)cc1. The highest BCUT2D eigenvalue weighted by Gasteiger charge is 2.32. The largest absolute Gasteiger partial charge is 0.493 e. The number of benzene rings is 3. The Morgan fingerprint density at radius 1 is 1.08 bits per heavy atom. The smallest absolute Gasteiger partial charge is 0.335 e. The Balaban J connectivity index is 1.53. The molecule has 0 unspecified atom stereocenters. The van der Waals surface area contributed by atoms with Gasteiger partial charge in [-0.1, -0.05) is 34.1 Å². The number of carboxylic acids is 1. The Hall–Kier alpha value is -3.56. The minimum atomic E-state index is -1.000. The Morgan fingerprint density at radius 3 is 2.44 bits per heavy atom. The topological polar surface area (TPSA) is 88.4 Å². The van der Waals surface area contributed by atoms with E-state index in [1.54, 1.807) is 30.2 Å². The molecule has 184 valence electrons. The summed E-state index contributed by atoms with van der Waals surface area (Å²) < 4.78 is 12.5. The second-order valence-corrected chi connectivity index (χ2v) is 9.66. The number of likely N-dealkylation sites (N-methyl/N-ethyl adjacent to an activating group) is 1. The maximum absolute atomic E-state index is 13.0. The van der Waals surface area contributed by atoms with Crippen molar-refractivity contribution in [1.82, 2.24) is 4.90 Å². The first-order chi connectivity index (χ1) is 17.4. The number of carbonyl (C=O) groups is 2. The highest BCUT2D eigenvalue weighted by Crippen LogP contribution is 2.36. The van der Waals surface area contributed by atoms with Crippen molar-refractivity contribution in [3.05, 3.63) is 92.8 Å². The third-order valence-corrected chi connectivity index (χ3v) is 6.87. The lowest BCUT2D eigenvalue weighted by Gasteiger charge is -2.12. The van der Waals surface area contributed by atoms with Crippen LogP contribution in [0, 0.1) is 0 Å². The first kappa shape index (κ1) is 25.5. The molecular formula is C27H23BrN2O5S. The van der Waals surface area contributed by atoms with Crippen LogP contribution in [0.2, 0.25) is 0 Å². The van der Waals surface area contributed by atoms with Crippen LogP contribution in [0.4, 0.5) is 5.69 Å². The molecule has 0 radical (unpaired) electrons. The number of amidine groups is 1. The van der Waals surface area contributed by atoms with Gasteiger partial charge >= 0.3 is 5.97 Å². The normalized spacial score (nSPS) is 15.5. The second kappa shape index (κ2) is 11.5. The Labute approximate surface area is 221 Å². The fourth-order valence-corrected chi connectivity index (χ4v) is 4.77. The molecule has 0 bridgehead atoms. The van der Waals surface area contributed by atoms with Gasteiger partial charge in [-0.3, -0.25) is 9.69 Å². The lowest BCUT2D eigenvalue weighted by molar-refractivity contribution is -0.122. The molecule has 0 atom stereocenters. The van der Waals surface area contributed by atoms with Crippen molar-refractivity contribution in [3.63, 3.8) is 0 Å². The molecule has 1 amide bonds. The number of hydrogen-bond acceptors (Lipinski definition) is 6. The van der Waals surface area contributed by atoms with E-state index in [9.17, 15) is 9.59 Å². The van der Waals surface area contributed by atoms with Crippen LogP contribution >= 0.6 is 27.7 Å². The number of hydrogen-bond donors (Lipinski definition) is 1. The quantitative estimate of drug-likeness (QED) is 0.319. The molecule has 0 aromatic heterocycles. The van der Waals surface area contributed by atoms with Gasteiger partial charge in [0.1, 0.15) is 6.61 Å². The van der Waals surface area contributed by atoms with E-state index in [-0.39, 0.29) is 11.5 Å². The molecule has 3 aromatic carbocycles. The maximum atomic E-state index is 13.0. The molecular weight excluding hydrogens is 544 g/mol. The lowest BCUT2D eigenvalue weighted by Crippen LogP contribution is -2.28. The van der Waals surface area contributed by atoms with Crippen molar-refractivity contribution in [3.8, 4) is 11.5 Å². The maximum Gasteiger partial charge on any atom is 0.335 e. The standard InChI is InChI=1S/C27H23BrN2O5S/c1-3-30-25(31)24(36-27(30)29-21-11-7-19(8-12-21)26(32)33)15-18-6-13-22(23(14-18)34-2)35-16-17-4-9-20(28)10-5-17/h4-15H,3,16H2,1-2H3,(H,32,33)/b24-15+,29-27?. The van der Waals surface area contributed by atoms with Crippen molar-refractivity contribution in [2.75, 3.05) is 13.7 Å². The van der Waals surface area contributed by atoms with E-state index in [2.05, 4.69) is 20.9 Å². The number of ether oxygens (including phenoxy) is 2. The number of methoxy groups -OCH3 is 1. The van der Waals surface area contributed by atoms with E-state index < -0.39 is 5.97 Å². The lowest BCUT2D eigenvalue weighted by atomic mass is 10.1. The van der Waals surface area contributed by atoms with Gasteiger partial charge in [-0.05, 0) is 84.4 Å². The van der Waals surface area contributed by atoms with E-state index >= 15 is 0 Å². The predicted octanol–water partition coefficient (Wildman–Crippen LogP) is 6.36. The molecule has 1 aliphatic heterocycles. The summed E-state index contributed by atoms with van der Waals surface area (Å²) in [4.78, 5) is 30.8. The van der Waals surface area contributed by atoms with Gasteiger partial charge in [0, 0.05) is 11.0 Å². The molecule has 4 rings (SSSR count). The minimum absolute atomic E-state index is 0.141. The highest BCUT2D eigenvalue weighted by molar-refractivity contribution is 9.10. The molecule has 1 fully saturated rings. The van der Waals surface area contributed by atoms with Crippen LogP contribution < -0.4 is 9.47 Å². The Morgan fingerprint density at radius 2 is 1.81 bits per heavy atom. The Bertz CT molecular complexity index is 1340. The molecule has 1 heterocycles. The van der Waals surface area contributed by atoms with Crippen LogP contribution in [0.25, 0.3) is 6.08 Å². The summed E-state index contributed by atoms with van der Waals surface area (Å²) in [5.74, 6) is 0.0324. The fourth-order valence-electron chi connectivity index (χ4n) is 3.45. The van der Waals surface area contributed by atoms with Gasteiger partial charge in [-0.25, -0.2) is 9.79 Å². The van der Waals surface area contributed by atoms with Crippen molar-refractivity contribution in [2.45, 2.75) is 13.5 Å². The molecule has 0 saturated carbocycles. The van der Waals surface area contributed by atoms with Crippen LogP contribution in [0.3, 0.4) is 0 Å². The number of rotatable bonds is 8. The number of amides is 1. The number of halogens is 1. The first-order valence-electron chi connectivity index (χ1n) is 11.1. The third-order valence-electron chi connectivity index (χ3n) is 5.34. The molecule has 0 aliphatic carbocycles. The number of aromatic carboxylic acids is 1. The molecule has 1 saturated heterocycles.